The van der Waals surface area contributed by atoms with Crippen molar-refractivity contribution in [1.29, 1.82) is 0 Å². The summed E-state index contributed by atoms with van der Waals surface area (Å²) >= 11 is 9.53. The number of halogens is 17. The van der Waals surface area contributed by atoms with E-state index in [1.165, 1.54) is 41.5 Å². The van der Waals surface area contributed by atoms with E-state index in [-0.39, 0.29) is 11.0 Å². The highest BCUT2D eigenvalue weighted by molar-refractivity contribution is 7.61. The number of rotatable bonds is 9. The van der Waals surface area contributed by atoms with E-state index in [2.05, 4.69) is 0 Å². The fraction of sp³-hybridized carbons (Fsp3) is 0.395. The number of hydrogen-bond acceptors (Lipinski definition) is 4. The molecule has 0 N–H and O–H groups in total. The number of amidine groups is 1. The maximum Gasteiger partial charge on any atom is 0.375 e. The van der Waals surface area contributed by atoms with Crippen LogP contribution in [-0.2, 0) is 14.0 Å². The van der Waals surface area contributed by atoms with Crippen LogP contribution in [0.5, 0.6) is 0 Å². The third kappa shape index (κ3) is 8.82. The lowest BCUT2D eigenvalue weighted by Crippen LogP contribution is -2.76. The molecule has 368 valence electrons. The normalized spacial score (nSPS) is 13.8. The molecule has 4 aromatic rings. The number of carbonyl (C=O) groups excluding carboxylic acids is 1. The fourth-order valence-corrected chi connectivity index (χ4v) is 12.9. The lowest BCUT2D eigenvalue weighted by atomic mass is 9.27. The topological polar surface area (TPSA) is 49.6 Å². The third-order valence-electron chi connectivity index (χ3n) is 11.2. The maximum atomic E-state index is 16.4. The summed E-state index contributed by atoms with van der Waals surface area (Å²) in [7, 11) is -4.38. The van der Waals surface area contributed by atoms with Crippen LogP contribution in [0.3, 0.4) is 0 Å². The molecule has 0 atom stereocenters. The summed E-state index contributed by atoms with van der Waals surface area (Å²) in [5.41, 5.74) is -8.50. The summed E-state index contributed by atoms with van der Waals surface area (Å²) in [6.07, 6.45) is -6.76. The zero-order chi connectivity index (χ0) is 51.5. The van der Waals surface area contributed by atoms with Crippen molar-refractivity contribution >= 4 is 70.7 Å². The van der Waals surface area contributed by atoms with Crippen molar-refractivity contribution in [3.05, 3.63) is 117 Å². The van der Waals surface area contributed by atoms with Gasteiger partial charge in [0.15, 0.2) is 52.4 Å². The van der Waals surface area contributed by atoms with Crippen molar-refractivity contribution in [2.24, 2.45) is 0 Å². The lowest BCUT2D eigenvalue weighted by molar-refractivity contribution is -0.367. The first-order chi connectivity index (χ1) is 30.7. The van der Waals surface area contributed by atoms with Crippen LogP contribution in [0.2, 0.25) is 0 Å². The minimum Gasteiger partial charge on any atom is -0.667 e. The summed E-state index contributed by atoms with van der Waals surface area (Å²) in [6, 6.07) is 4.70. The van der Waals surface area contributed by atoms with Gasteiger partial charge in [-0.2, -0.15) is 0 Å². The van der Waals surface area contributed by atoms with E-state index in [4.69, 9.17) is 27.9 Å². The summed E-state index contributed by atoms with van der Waals surface area (Å²) < 4.78 is 256. The van der Waals surface area contributed by atoms with Gasteiger partial charge in [-0.15, -0.1) is 23.2 Å². The van der Waals surface area contributed by atoms with Crippen LogP contribution in [0.1, 0.15) is 92.2 Å². The van der Waals surface area contributed by atoms with Gasteiger partial charge >= 0.3 is 11.8 Å². The molecule has 0 aromatic heterocycles. The van der Waals surface area contributed by atoms with Crippen LogP contribution in [-0.4, -0.2) is 51.2 Å². The highest BCUT2D eigenvalue weighted by Gasteiger charge is 2.59. The second kappa shape index (κ2) is 19.6. The average molecular weight is 1030 g/mol. The Morgan fingerprint density at radius 1 is 0.597 bits per heavy atom. The Morgan fingerprint density at radius 2 is 0.866 bits per heavy atom. The maximum absolute atomic E-state index is 16.4. The fourth-order valence-electron chi connectivity index (χ4n) is 8.57. The number of para-hydroxylation sites is 1. The van der Waals surface area contributed by atoms with E-state index in [0.29, 0.717) is 11.1 Å². The van der Waals surface area contributed by atoms with Gasteiger partial charge in [-0.1, -0.05) is 62.3 Å². The highest BCUT2D eigenvalue weighted by Crippen LogP contribution is 2.68. The van der Waals surface area contributed by atoms with E-state index in [9.17, 15) is 13.2 Å². The number of carbonyl (C=O) groups is 1. The minimum absolute atomic E-state index is 0.0816. The van der Waals surface area contributed by atoms with Gasteiger partial charge in [-0.25, -0.2) is 79.9 Å². The van der Waals surface area contributed by atoms with Gasteiger partial charge in [0.2, 0.25) is 0 Å². The summed E-state index contributed by atoms with van der Waals surface area (Å²) in [5, 5.41) is -2.70. The zero-order valence-electron chi connectivity index (χ0n) is 37.1. The van der Waals surface area contributed by atoms with E-state index < -0.39 is 164 Å². The van der Waals surface area contributed by atoms with Gasteiger partial charge in [0.05, 0.1) is 15.7 Å². The highest BCUT2D eigenvalue weighted by atomic mass is 35.5. The quantitative estimate of drug-likeness (QED) is 0.0419. The van der Waals surface area contributed by atoms with Crippen molar-refractivity contribution < 1.29 is 84.2 Å². The summed E-state index contributed by atoms with van der Waals surface area (Å²) in [6.45, 7) is 14.3. The number of benzene rings is 4. The van der Waals surface area contributed by atoms with Crippen molar-refractivity contribution in [1.82, 2.24) is 0 Å². The molecule has 5 nitrogen and oxygen atoms in total. The van der Waals surface area contributed by atoms with E-state index >= 15 is 62.0 Å². The molecule has 0 fully saturated rings. The summed E-state index contributed by atoms with van der Waals surface area (Å²) in [4.78, 5) is 16.5. The molecule has 5 rings (SSSR count). The van der Waals surface area contributed by atoms with Crippen LogP contribution >= 0.6 is 30.5 Å². The monoisotopic (exact) mass is 1030 g/mol. The molecule has 1 heterocycles. The van der Waals surface area contributed by atoms with Gasteiger partial charge in [0, 0.05) is 11.1 Å². The van der Waals surface area contributed by atoms with Crippen molar-refractivity contribution in [2.45, 2.75) is 91.4 Å². The van der Waals surface area contributed by atoms with E-state index in [1.54, 1.807) is 45.9 Å². The van der Waals surface area contributed by atoms with E-state index in [0.717, 1.165) is 9.25 Å². The van der Waals surface area contributed by atoms with Gasteiger partial charge < -0.3 is 4.65 Å². The predicted octanol–water partition coefficient (Wildman–Crippen LogP) is 11.8. The van der Waals surface area contributed by atoms with Crippen molar-refractivity contribution in [3.8, 4) is 0 Å². The third-order valence-corrected chi connectivity index (χ3v) is 15.9. The first kappa shape index (κ1) is 55.2. The minimum atomic E-state index is -6.76. The largest absolute Gasteiger partial charge is 0.667 e. The first-order valence-corrected chi connectivity index (χ1v) is 22.6. The average Bonchev–Trinajstić information content (AvgIpc) is 3.69. The van der Waals surface area contributed by atoms with Crippen LogP contribution < -0.4 is 21.3 Å². The molecule has 0 amide bonds. The van der Waals surface area contributed by atoms with Crippen LogP contribution in [0, 0.1) is 87.3 Å². The molecule has 0 radical (unpaired) electrons. The molecule has 0 unspecified atom stereocenters. The molecule has 1 aliphatic rings. The predicted molar refractivity (Wildman–Crippen MR) is 225 cm³/mol. The number of alkyl halides is 2. The van der Waals surface area contributed by atoms with Crippen LogP contribution in [0.25, 0.3) is 0 Å². The van der Waals surface area contributed by atoms with Gasteiger partial charge in [-0.05, 0) is 53.4 Å². The molecule has 4 aromatic carbocycles. The molecule has 0 spiro atoms. The smallest absolute Gasteiger partial charge is 0.375 e. The first-order valence-electron chi connectivity index (χ1n) is 19.9. The number of nitrogens with zero attached hydrogens (tertiary/aromatic N) is 2. The molecular formula is C43H41BCl2F15N2O3P. The molecule has 67 heavy (non-hydrogen) atoms. The van der Waals surface area contributed by atoms with Crippen molar-refractivity contribution in [2.75, 3.05) is 23.3 Å². The Kier molecular flexibility index (Phi) is 16.1. The van der Waals surface area contributed by atoms with Gasteiger partial charge in [0.1, 0.15) is 53.7 Å². The Morgan fingerprint density at radius 3 is 1.12 bits per heavy atom. The molecule has 1 aliphatic heterocycles. The zero-order valence-corrected chi connectivity index (χ0v) is 39.5. The Bertz CT molecular complexity index is 2440. The Hall–Kier alpha value is -4.36. The molecule has 24 heteroatoms. The second-order valence-corrected chi connectivity index (χ2v) is 23.0. The van der Waals surface area contributed by atoms with Gasteiger partial charge in [-0.3, -0.25) is 4.57 Å². The Balaban J connectivity index is 0.00000318. The van der Waals surface area contributed by atoms with E-state index in [1.807, 2.05) is 0 Å². The molecule has 0 bridgehead atoms. The SMILES string of the molecule is CC(C)c1cccc(C(C)C)c1N1CC[N+](P(=O)(C(C)(C)C)C(C)(C)C)=C1C(=O)O[B-](c1c(F)c(F)c(F)c(F)c1F)(c1c(F)c(F)c(F)c(F)c1F)c1c(F)c(F)c(F)c(F)c1F.ClCCl. The number of hydrogen-bond donors (Lipinski definition) is 0. The van der Waals surface area contributed by atoms with Crippen molar-refractivity contribution in [3.63, 3.8) is 0 Å². The molecular weight excluding hydrogens is 990 g/mol. The molecule has 0 aliphatic carbocycles. The second-order valence-electron chi connectivity index (χ2n) is 17.9. The molecule has 0 saturated heterocycles. The standard InChI is InChI=1S/C42H39BF15N2O3P.CH2Cl2/c1-16(2)18-12-11-13-19(17(3)4)38(18)59-14-15-60(64(62,41(5,6)7)42(8,9)10)39(59)40(61)63-43(20-23(44)29(50)35(56)30(51)24(20)45,21-25(46)31(52)36(57)32(53)26(21)47)22-27(48)33(54)37(58)34(55)28(22)49;2-1-3/h11-13,16-17H,14-15H2,1-10H3;1H2. The summed E-state index contributed by atoms with van der Waals surface area (Å²) in [5.74, 6) is -53.5. The number of anilines is 1. The van der Waals surface area contributed by atoms with Gasteiger partial charge in [0.25, 0.3) is 13.6 Å². The molecule has 0 saturated carbocycles. The Labute approximate surface area is 385 Å². The van der Waals surface area contributed by atoms with Crippen LogP contribution in [0.4, 0.5) is 71.5 Å². The lowest BCUT2D eigenvalue weighted by Gasteiger charge is -2.44. The van der Waals surface area contributed by atoms with Crippen LogP contribution in [0.15, 0.2) is 18.2 Å².